The zero-order valence-corrected chi connectivity index (χ0v) is 12.9. The second kappa shape index (κ2) is 6.96. The van der Waals surface area contributed by atoms with E-state index in [0.29, 0.717) is 12.3 Å². The maximum Gasteiger partial charge on any atom is 0.291 e. The zero-order valence-electron chi connectivity index (χ0n) is 12.9. The molecule has 0 saturated heterocycles. The van der Waals surface area contributed by atoms with Gasteiger partial charge in [0.15, 0.2) is 5.76 Å². The van der Waals surface area contributed by atoms with E-state index in [1.54, 1.807) is 18.3 Å². The molecule has 0 fully saturated rings. The Bertz CT molecular complexity index is 797. The summed E-state index contributed by atoms with van der Waals surface area (Å²) in [6.45, 7) is 2.77. The average Bonchev–Trinajstić information content (AvgIpc) is 3.11. The molecule has 0 atom stereocenters. The largest absolute Gasteiger partial charge is 0.491 e. The van der Waals surface area contributed by atoms with Gasteiger partial charge in [-0.05, 0) is 42.8 Å². The van der Waals surface area contributed by atoms with E-state index in [9.17, 15) is 4.79 Å². The Labute approximate surface area is 134 Å². The fourth-order valence-corrected chi connectivity index (χ4v) is 2.29. The molecule has 1 N–H and O–H groups in total. The number of anilines is 1. The Balaban J connectivity index is 1.90. The summed E-state index contributed by atoms with van der Waals surface area (Å²) in [5, 5.41) is 3.69. The van der Waals surface area contributed by atoms with E-state index in [-0.39, 0.29) is 11.7 Å². The minimum Gasteiger partial charge on any atom is -0.491 e. The number of pyridine rings is 1. The molecule has 23 heavy (non-hydrogen) atoms. The molecule has 0 unspecified atom stereocenters. The minimum atomic E-state index is -0.292. The number of hydrogen-bond acceptors (Lipinski definition) is 4. The lowest BCUT2D eigenvalue weighted by Gasteiger charge is -2.12. The molecule has 5 nitrogen and oxygen atoms in total. The van der Waals surface area contributed by atoms with Crippen LogP contribution in [-0.4, -0.2) is 17.5 Å². The molecule has 3 rings (SSSR count). The van der Waals surface area contributed by atoms with Gasteiger partial charge in [-0.25, -0.2) is 0 Å². The van der Waals surface area contributed by atoms with Gasteiger partial charge in [-0.3, -0.25) is 9.78 Å². The number of fused-ring (bicyclic) bond motifs is 1. The number of nitrogens with one attached hydrogen (secondary N) is 1. The summed E-state index contributed by atoms with van der Waals surface area (Å²) in [6, 6.07) is 10.7. The first kappa shape index (κ1) is 15.1. The van der Waals surface area contributed by atoms with Gasteiger partial charge in [0.1, 0.15) is 11.3 Å². The fourth-order valence-electron chi connectivity index (χ4n) is 2.29. The van der Waals surface area contributed by atoms with Gasteiger partial charge in [0.2, 0.25) is 0 Å². The highest BCUT2D eigenvalue weighted by molar-refractivity contribution is 6.08. The number of aromatic nitrogens is 1. The van der Waals surface area contributed by atoms with E-state index in [4.69, 9.17) is 9.15 Å². The summed E-state index contributed by atoms with van der Waals surface area (Å²) in [5.41, 5.74) is 1.41. The molecule has 0 spiro atoms. The quantitative estimate of drug-likeness (QED) is 0.691. The van der Waals surface area contributed by atoms with Gasteiger partial charge in [0.05, 0.1) is 18.6 Å². The van der Waals surface area contributed by atoms with Crippen LogP contribution in [0.4, 0.5) is 5.69 Å². The third-order valence-corrected chi connectivity index (χ3v) is 3.48. The molecule has 0 aliphatic heterocycles. The lowest BCUT2D eigenvalue weighted by atomic mass is 10.1. The van der Waals surface area contributed by atoms with Crippen molar-refractivity contribution >= 4 is 22.5 Å². The number of unbranched alkanes of at least 4 members (excludes halogenated alkanes) is 1. The Kier molecular flexibility index (Phi) is 4.57. The third kappa shape index (κ3) is 3.34. The zero-order chi connectivity index (χ0) is 16.1. The number of rotatable bonds is 6. The first-order valence-electron chi connectivity index (χ1n) is 7.65. The summed E-state index contributed by atoms with van der Waals surface area (Å²) in [5.74, 6) is 0.704. The number of benzene rings is 1. The van der Waals surface area contributed by atoms with Gasteiger partial charge in [0.25, 0.3) is 5.91 Å². The molecule has 5 heteroatoms. The number of carbonyl (C=O) groups excluding carboxylic acids is 1. The van der Waals surface area contributed by atoms with Gasteiger partial charge in [-0.1, -0.05) is 13.3 Å². The van der Waals surface area contributed by atoms with Crippen molar-refractivity contribution in [2.24, 2.45) is 0 Å². The third-order valence-electron chi connectivity index (χ3n) is 3.48. The fraction of sp³-hybridized carbons (Fsp3) is 0.222. The topological polar surface area (TPSA) is 64.4 Å². The van der Waals surface area contributed by atoms with E-state index >= 15 is 0 Å². The number of ether oxygens (including phenoxy) is 1. The predicted molar refractivity (Wildman–Crippen MR) is 88.8 cm³/mol. The molecule has 0 saturated carbocycles. The van der Waals surface area contributed by atoms with Crippen LogP contribution in [0.1, 0.15) is 30.3 Å². The molecule has 1 aromatic carbocycles. The van der Waals surface area contributed by atoms with E-state index in [1.165, 1.54) is 6.26 Å². The van der Waals surface area contributed by atoms with Crippen molar-refractivity contribution in [1.82, 2.24) is 4.98 Å². The molecule has 3 aromatic rings. The van der Waals surface area contributed by atoms with Crippen molar-refractivity contribution in [3.05, 3.63) is 54.6 Å². The summed E-state index contributed by atoms with van der Waals surface area (Å²) < 4.78 is 10.9. The minimum absolute atomic E-state index is 0.269. The normalized spacial score (nSPS) is 10.7. The van der Waals surface area contributed by atoms with Crippen LogP contribution >= 0.6 is 0 Å². The van der Waals surface area contributed by atoms with Crippen LogP contribution < -0.4 is 10.1 Å². The maximum absolute atomic E-state index is 12.2. The molecule has 2 heterocycles. The van der Waals surface area contributed by atoms with Gasteiger partial charge in [-0.2, -0.15) is 0 Å². The van der Waals surface area contributed by atoms with Crippen molar-refractivity contribution in [3.63, 3.8) is 0 Å². The molecule has 118 valence electrons. The van der Waals surface area contributed by atoms with Crippen LogP contribution in [0.25, 0.3) is 10.9 Å². The van der Waals surface area contributed by atoms with Gasteiger partial charge >= 0.3 is 0 Å². The lowest BCUT2D eigenvalue weighted by molar-refractivity contribution is 0.0997. The molecule has 0 aliphatic rings. The first-order chi connectivity index (χ1) is 11.3. The van der Waals surface area contributed by atoms with E-state index < -0.39 is 0 Å². The smallest absolute Gasteiger partial charge is 0.291 e. The van der Waals surface area contributed by atoms with E-state index in [2.05, 4.69) is 17.2 Å². The maximum atomic E-state index is 12.2. The molecular weight excluding hydrogens is 292 g/mol. The first-order valence-corrected chi connectivity index (χ1v) is 7.65. The Hall–Kier alpha value is -2.82. The highest BCUT2D eigenvalue weighted by Gasteiger charge is 2.13. The average molecular weight is 310 g/mol. The highest BCUT2D eigenvalue weighted by atomic mass is 16.5. The Morgan fingerprint density at radius 3 is 2.96 bits per heavy atom. The van der Waals surface area contributed by atoms with Crippen LogP contribution in [0.2, 0.25) is 0 Å². The second-order valence-electron chi connectivity index (χ2n) is 5.14. The van der Waals surface area contributed by atoms with Crippen molar-refractivity contribution in [2.45, 2.75) is 19.8 Å². The van der Waals surface area contributed by atoms with Crippen molar-refractivity contribution in [3.8, 4) is 5.75 Å². The number of carbonyl (C=O) groups is 1. The molecular formula is C18H18N2O3. The van der Waals surface area contributed by atoms with Crippen LogP contribution in [0.3, 0.4) is 0 Å². The standard InChI is InChI=1S/C18H18N2O3/c1-2-3-11-22-15-9-8-14(13-6-4-10-19-17(13)15)20-18(21)16-7-5-12-23-16/h4-10,12H,2-3,11H2,1H3,(H,20,21). The molecule has 0 bridgehead atoms. The SMILES string of the molecule is CCCCOc1ccc(NC(=O)c2ccco2)c2cccnc12. The Morgan fingerprint density at radius 1 is 1.26 bits per heavy atom. The van der Waals surface area contributed by atoms with Crippen LogP contribution in [-0.2, 0) is 0 Å². The lowest BCUT2D eigenvalue weighted by Crippen LogP contribution is -2.11. The summed E-state index contributed by atoms with van der Waals surface area (Å²) in [4.78, 5) is 16.5. The van der Waals surface area contributed by atoms with Gasteiger partial charge in [-0.15, -0.1) is 0 Å². The monoisotopic (exact) mass is 310 g/mol. The summed E-state index contributed by atoms with van der Waals surface area (Å²) in [6.07, 6.45) is 5.25. The predicted octanol–water partition coefficient (Wildman–Crippen LogP) is 4.26. The number of amides is 1. The van der Waals surface area contributed by atoms with Crippen molar-refractivity contribution < 1.29 is 13.9 Å². The van der Waals surface area contributed by atoms with Crippen LogP contribution in [0, 0.1) is 0 Å². The molecule has 2 aromatic heterocycles. The molecule has 1 amide bonds. The van der Waals surface area contributed by atoms with Gasteiger partial charge in [0, 0.05) is 11.6 Å². The van der Waals surface area contributed by atoms with E-state index in [0.717, 1.165) is 29.5 Å². The van der Waals surface area contributed by atoms with Crippen molar-refractivity contribution in [1.29, 1.82) is 0 Å². The van der Waals surface area contributed by atoms with Crippen LogP contribution in [0.5, 0.6) is 5.75 Å². The second-order valence-corrected chi connectivity index (χ2v) is 5.14. The molecule has 0 aliphatic carbocycles. The van der Waals surface area contributed by atoms with Crippen molar-refractivity contribution in [2.75, 3.05) is 11.9 Å². The summed E-state index contributed by atoms with van der Waals surface area (Å²) >= 11 is 0. The Morgan fingerprint density at radius 2 is 2.17 bits per heavy atom. The number of hydrogen-bond donors (Lipinski definition) is 1. The van der Waals surface area contributed by atoms with E-state index in [1.807, 2.05) is 24.3 Å². The highest BCUT2D eigenvalue weighted by Crippen LogP contribution is 2.30. The summed E-state index contributed by atoms with van der Waals surface area (Å²) in [7, 11) is 0. The number of furan rings is 1. The van der Waals surface area contributed by atoms with Gasteiger partial charge < -0.3 is 14.5 Å². The molecule has 0 radical (unpaired) electrons. The number of nitrogens with zero attached hydrogens (tertiary/aromatic N) is 1. The van der Waals surface area contributed by atoms with Crippen LogP contribution in [0.15, 0.2) is 53.3 Å².